The molecule has 0 fully saturated rings. The molecule has 0 spiro atoms. The highest BCUT2D eigenvalue weighted by atomic mass is 16.5. The first-order valence-corrected chi connectivity index (χ1v) is 8.38. The van der Waals surface area contributed by atoms with Gasteiger partial charge in [-0.3, -0.25) is 10.7 Å². The first-order chi connectivity index (χ1) is 12.0. The second kappa shape index (κ2) is 9.20. The van der Waals surface area contributed by atoms with E-state index in [1.807, 2.05) is 30.3 Å². The molecular weight excluding hydrogens is 316 g/mol. The number of rotatable bonds is 8. The minimum atomic E-state index is 0.303. The van der Waals surface area contributed by atoms with E-state index in [9.17, 15) is 5.21 Å². The van der Waals surface area contributed by atoms with Crippen LogP contribution in [0.4, 0.5) is 0 Å². The second-order valence-electron chi connectivity index (χ2n) is 6.17. The van der Waals surface area contributed by atoms with Gasteiger partial charge in [0.25, 0.3) is 0 Å². The van der Waals surface area contributed by atoms with Gasteiger partial charge in [0.05, 0.1) is 18.0 Å². The highest BCUT2D eigenvalue weighted by molar-refractivity contribution is 6.07. The number of allylic oxidation sites excluding steroid dienone is 3. The molecule has 0 amide bonds. The average Bonchev–Trinajstić information content (AvgIpc) is 2.61. The molecule has 0 saturated heterocycles. The van der Waals surface area contributed by atoms with Gasteiger partial charge in [-0.15, -0.1) is 0 Å². The predicted molar refractivity (Wildman–Crippen MR) is 99.3 cm³/mol. The van der Waals surface area contributed by atoms with Crippen LogP contribution in [0.3, 0.4) is 0 Å². The van der Waals surface area contributed by atoms with E-state index in [1.54, 1.807) is 13.2 Å². The van der Waals surface area contributed by atoms with Gasteiger partial charge in [0.15, 0.2) is 0 Å². The molecule has 2 rings (SSSR count). The van der Waals surface area contributed by atoms with Crippen LogP contribution in [-0.2, 0) is 4.74 Å². The molecule has 25 heavy (non-hydrogen) atoms. The van der Waals surface area contributed by atoms with Crippen LogP contribution < -0.4 is 10.2 Å². The molecule has 1 aromatic rings. The highest BCUT2D eigenvalue weighted by Gasteiger charge is 2.18. The van der Waals surface area contributed by atoms with Crippen molar-refractivity contribution in [3.05, 3.63) is 65.4 Å². The maximum atomic E-state index is 9.36. The van der Waals surface area contributed by atoms with Crippen LogP contribution in [0, 0.1) is 11.3 Å². The summed E-state index contributed by atoms with van der Waals surface area (Å²) in [6.45, 7) is 7.37. The Kier molecular flexibility index (Phi) is 6.98. The molecule has 0 heterocycles. The van der Waals surface area contributed by atoms with Crippen LogP contribution in [0.1, 0.15) is 25.3 Å². The Bertz CT molecular complexity index is 692. The Morgan fingerprint density at radius 1 is 1.44 bits per heavy atom. The number of hydrogen-bond donors (Lipinski definition) is 3. The predicted octanol–water partition coefficient (Wildman–Crippen LogP) is 3.85. The van der Waals surface area contributed by atoms with E-state index in [4.69, 9.17) is 14.9 Å². The summed E-state index contributed by atoms with van der Waals surface area (Å²) in [5, 5.41) is 17.7. The van der Waals surface area contributed by atoms with Crippen molar-refractivity contribution in [2.24, 2.45) is 5.92 Å². The molecular formula is C20H26N2O3. The lowest BCUT2D eigenvalue weighted by molar-refractivity contribution is 0.172. The lowest BCUT2D eigenvalue weighted by atomic mass is 9.86. The van der Waals surface area contributed by atoms with Crippen LogP contribution >= 0.6 is 0 Å². The Hall–Kier alpha value is -2.37. The van der Waals surface area contributed by atoms with E-state index in [0.717, 1.165) is 35.3 Å². The van der Waals surface area contributed by atoms with Crippen LogP contribution in [0.15, 0.2) is 59.8 Å². The van der Waals surface area contributed by atoms with Gasteiger partial charge in [-0.25, -0.2) is 0 Å². The fraction of sp³-hybridized carbons (Fsp3) is 0.350. The first kappa shape index (κ1) is 19.0. The standard InChI is InChI=1S/C20H26N2O3/c1-14-10-15(2)18(20(11-14)22-23)13-19(21)16-6-4-7-17(12-16)25-9-5-8-24-3/h4,6-7,11-14,21-23H,2,5,8-10H2,1,3H3/b18-13+,21-19?. The van der Waals surface area contributed by atoms with Gasteiger partial charge in [0.1, 0.15) is 5.75 Å². The van der Waals surface area contributed by atoms with E-state index < -0.39 is 0 Å². The number of ether oxygens (including phenoxy) is 2. The third-order valence-electron chi connectivity index (χ3n) is 4.01. The van der Waals surface area contributed by atoms with Crippen molar-refractivity contribution < 1.29 is 14.7 Å². The normalized spacial score (nSPS) is 18.8. The van der Waals surface area contributed by atoms with Crippen LogP contribution in [-0.4, -0.2) is 31.2 Å². The molecule has 0 bridgehead atoms. The molecule has 3 N–H and O–H groups in total. The number of benzene rings is 1. The van der Waals surface area contributed by atoms with Gasteiger partial charge in [-0.1, -0.05) is 31.7 Å². The van der Waals surface area contributed by atoms with Crippen LogP contribution in [0.2, 0.25) is 0 Å². The van der Waals surface area contributed by atoms with Gasteiger partial charge in [-0.2, -0.15) is 0 Å². The molecule has 0 aliphatic heterocycles. The Labute approximate surface area is 149 Å². The lowest BCUT2D eigenvalue weighted by Crippen LogP contribution is -2.18. The first-order valence-electron chi connectivity index (χ1n) is 8.38. The van der Waals surface area contributed by atoms with Crippen molar-refractivity contribution in [1.82, 2.24) is 5.48 Å². The topological polar surface area (TPSA) is 74.6 Å². The summed E-state index contributed by atoms with van der Waals surface area (Å²) in [5.41, 5.74) is 5.58. The van der Waals surface area contributed by atoms with Gasteiger partial charge in [0, 0.05) is 31.3 Å². The van der Waals surface area contributed by atoms with Crippen LogP contribution in [0.5, 0.6) is 5.75 Å². The summed E-state index contributed by atoms with van der Waals surface area (Å²) in [4.78, 5) is 0. The number of nitrogens with one attached hydrogen (secondary N) is 2. The molecule has 0 radical (unpaired) electrons. The molecule has 0 saturated carbocycles. The molecule has 5 heteroatoms. The molecule has 1 aromatic carbocycles. The molecule has 1 unspecified atom stereocenters. The molecule has 1 aliphatic rings. The average molecular weight is 342 g/mol. The fourth-order valence-electron chi connectivity index (χ4n) is 2.77. The summed E-state index contributed by atoms with van der Waals surface area (Å²) in [6.07, 6.45) is 5.31. The maximum absolute atomic E-state index is 9.36. The Morgan fingerprint density at radius 2 is 2.24 bits per heavy atom. The van der Waals surface area contributed by atoms with Gasteiger partial charge >= 0.3 is 0 Å². The Morgan fingerprint density at radius 3 is 2.96 bits per heavy atom. The highest BCUT2D eigenvalue weighted by Crippen LogP contribution is 2.30. The van der Waals surface area contributed by atoms with E-state index >= 15 is 0 Å². The quantitative estimate of drug-likeness (QED) is 0.381. The fourth-order valence-corrected chi connectivity index (χ4v) is 2.77. The monoisotopic (exact) mass is 342 g/mol. The zero-order valence-electron chi connectivity index (χ0n) is 14.8. The molecule has 1 aliphatic carbocycles. The number of hydrogen-bond acceptors (Lipinski definition) is 5. The summed E-state index contributed by atoms with van der Waals surface area (Å²) >= 11 is 0. The van der Waals surface area contributed by atoms with Crippen molar-refractivity contribution in [2.45, 2.75) is 19.8 Å². The third kappa shape index (κ3) is 5.31. The maximum Gasteiger partial charge on any atom is 0.119 e. The zero-order valence-corrected chi connectivity index (χ0v) is 14.8. The lowest BCUT2D eigenvalue weighted by Gasteiger charge is -2.22. The SMILES string of the molecule is C=C1CC(C)C=C(NO)/C1=C/C(=N)c1cccc(OCCCOC)c1. The zero-order chi connectivity index (χ0) is 18.2. The van der Waals surface area contributed by atoms with Crippen molar-refractivity contribution in [2.75, 3.05) is 20.3 Å². The molecule has 5 nitrogen and oxygen atoms in total. The van der Waals surface area contributed by atoms with Crippen molar-refractivity contribution in [3.8, 4) is 5.75 Å². The largest absolute Gasteiger partial charge is 0.493 e. The van der Waals surface area contributed by atoms with Crippen molar-refractivity contribution in [3.63, 3.8) is 0 Å². The van der Waals surface area contributed by atoms with Crippen molar-refractivity contribution in [1.29, 1.82) is 5.41 Å². The Balaban J connectivity index is 2.14. The molecule has 134 valence electrons. The summed E-state index contributed by atoms with van der Waals surface area (Å²) in [7, 11) is 1.67. The molecule has 0 aromatic heterocycles. The van der Waals surface area contributed by atoms with E-state index in [-0.39, 0.29) is 0 Å². The number of hydroxylamine groups is 1. The van der Waals surface area contributed by atoms with Gasteiger partial charge < -0.3 is 14.9 Å². The molecule has 1 atom stereocenters. The summed E-state index contributed by atoms with van der Waals surface area (Å²) < 4.78 is 10.7. The van der Waals surface area contributed by atoms with E-state index in [2.05, 4.69) is 19.0 Å². The van der Waals surface area contributed by atoms with E-state index in [1.165, 1.54) is 0 Å². The minimum Gasteiger partial charge on any atom is -0.493 e. The minimum absolute atomic E-state index is 0.303. The number of methoxy groups -OCH3 is 1. The van der Waals surface area contributed by atoms with E-state index in [0.29, 0.717) is 30.5 Å². The summed E-state index contributed by atoms with van der Waals surface area (Å²) in [6, 6.07) is 7.45. The van der Waals surface area contributed by atoms with Crippen molar-refractivity contribution >= 4 is 5.71 Å². The smallest absolute Gasteiger partial charge is 0.119 e. The van der Waals surface area contributed by atoms with Gasteiger partial charge in [-0.05, 0) is 36.1 Å². The summed E-state index contributed by atoms with van der Waals surface area (Å²) in [5.74, 6) is 1.03. The third-order valence-corrected chi connectivity index (χ3v) is 4.01. The van der Waals surface area contributed by atoms with Gasteiger partial charge in [0.2, 0.25) is 0 Å². The van der Waals surface area contributed by atoms with Crippen LogP contribution in [0.25, 0.3) is 0 Å². The second-order valence-corrected chi connectivity index (χ2v) is 6.17.